The Morgan fingerprint density at radius 3 is 2.96 bits per heavy atom. The second-order valence-corrected chi connectivity index (χ2v) is 8.80. The van der Waals surface area contributed by atoms with Gasteiger partial charge >= 0.3 is 5.97 Å². The van der Waals surface area contributed by atoms with Crippen molar-refractivity contribution < 1.29 is 14.6 Å². The van der Waals surface area contributed by atoms with Crippen LogP contribution in [0.2, 0.25) is 0 Å². The van der Waals surface area contributed by atoms with E-state index >= 15 is 0 Å². The van der Waals surface area contributed by atoms with E-state index in [4.69, 9.17) is 10.5 Å². The highest BCUT2D eigenvalue weighted by molar-refractivity contribution is 5.82. The number of allylic oxidation sites excluding steroid dienone is 1. The monoisotopic (exact) mass is 383 g/mol. The van der Waals surface area contributed by atoms with Gasteiger partial charge in [0.05, 0.1) is 6.33 Å². The van der Waals surface area contributed by atoms with Crippen LogP contribution in [0.15, 0.2) is 23.8 Å². The molecule has 0 aromatic carbocycles. The molecule has 2 fully saturated rings. The summed E-state index contributed by atoms with van der Waals surface area (Å²) in [6, 6.07) is 0. The summed E-state index contributed by atoms with van der Waals surface area (Å²) in [5.74, 6) is -0.727. The van der Waals surface area contributed by atoms with Crippen molar-refractivity contribution in [3.63, 3.8) is 0 Å². The number of carbonyl (C=O) groups is 1. The minimum absolute atomic E-state index is 0.0117. The average molecular weight is 383 g/mol. The number of hydrogen-bond donors (Lipinski definition) is 2. The third kappa shape index (κ3) is 2.27. The SMILES string of the molecule is CC1=C2[C@@H]3OC(=O)C(Cn4cnc5c(N)ncnc54)[C@]3(O)CC[C@@]2(C)CCC1. The Kier molecular flexibility index (Phi) is 3.62. The van der Waals surface area contributed by atoms with E-state index < -0.39 is 17.6 Å². The van der Waals surface area contributed by atoms with Gasteiger partial charge in [0.15, 0.2) is 17.6 Å². The number of nitrogens with two attached hydrogens (primary N) is 1. The highest BCUT2D eigenvalue weighted by Gasteiger charge is 2.63. The summed E-state index contributed by atoms with van der Waals surface area (Å²) in [6.45, 7) is 4.61. The Labute approximate surface area is 162 Å². The van der Waals surface area contributed by atoms with E-state index in [1.54, 1.807) is 10.9 Å². The van der Waals surface area contributed by atoms with E-state index in [1.807, 2.05) is 0 Å². The van der Waals surface area contributed by atoms with Crippen LogP contribution in [-0.4, -0.2) is 42.3 Å². The second-order valence-electron chi connectivity index (χ2n) is 8.80. The predicted octanol–water partition coefficient (Wildman–Crippen LogP) is 1.98. The minimum atomic E-state index is -1.21. The first-order chi connectivity index (χ1) is 13.3. The number of esters is 1. The number of rotatable bonds is 2. The van der Waals surface area contributed by atoms with Gasteiger partial charge in [0, 0.05) is 6.54 Å². The summed E-state index contributed by atoms with van der Waals surface area (Å²) in [4.78, 5) is 25.3. The van der Waals surface area contributed by atoms with Crippen LogP contribution in [0.4, 0.5) is 5.82 Å². The molecule has 1 unspecified atom stereocenters. The second kappa shape index (κ2) is 5.76. The largest absolute Gasteiger partial charge is 0.454 e. The van der Waals surface area contributed by atoms with Crippen LogP contribution < -0.4 is 5.73 Å². The fraction of sp³-hybridized carbons (Fsp3) is 0.600. The lowest BCUT2D eigenvalue weighted by Gasteiger charge is -2.49. The molecule has 8 heteroatoms. The van der Waals surface area contributed by atoms with Crippen LogP contribution in [0, 0.1) is 11.3 Å². The van der Waals surface area contributed by atoms with Crippen molar-refractivity contribution in [1.82, 2.24) is 19.5 Å². The number of fused-ring (bicyclic) bond motifs is 4. The molecule has 3 N–H and O–H groups in total. The van der Waals surface area contributed by atoms with Crippen LogP contribution in [0.25, 0.3) is 11.2 Å². The molecule has 28 heavy (non-hydrogen) atoms. The Balaban J connectivity index is 1.53. The van der Waals surface area contributed by atoms with Crippen LogP contribution >= 0.6 is 0 Å². The average Bonchev–Trinajstić information content (AvgIpc) is 3.17. The number of hydrogen-bond acceptors (Lipinski definition) is 7. The fourth-order valence-corrected chi connectivity index (χ4v) is 5.57. The molecule has 3 heterocycles. The van der Waals surface area contributed by atoms with Crippen molar-refractivity contribution in [3.05, 3.63) is 23.8 Å². The van der Waals surface area contributed by atoms with Crippen molar-refractivity contribution in [1.29, 1.82) is 0 Å². The van der Waals surface area contributed by atoms with Gasteiger partial charge in [-0.25, -0.2) is 15.0 Å². The van der Waals surface area contributed by atoms with Gasteiger partial charge in [-0.1, -0.05) is 12.5 Å². The standard InChI is InChI=1S/C20H25N5O3/c1-11-4-3-5-19(2)6-7-20(27)12(18(26)28-15(20)13(11)19)8-25-10-24-14-16(21)22-9-23-17(14)25/h9-10,12,15,27H,3-8H2,1-2H3,(H2,21,22,23)/t12?,15-,19+,20+/m0/s1. The van der Waals surface area contributed by atoms with Gasteiger partial charge in [0.1, 0.15) is 23.4 Å². The van der Waals surface area contributed by atoms with Gasteiger partial charge in [-0.2, -0.15) is 0 Å². The first-order valence-corrected chi connectivity index (χ1v) is 9.88. The van der Waals surface area contributed by atoms with Crippen molar-refractivity contribution in [2.75, 3.05) is 5.73 Å². The van der Waals surface area contributed by atoms with E-state index in [0.29, 0.717) is 23.4 Å². The van der Waals surface area contributed by atoms with Gasteiger partial charge in [0.25, 0.3) is 0 Å². The van der Waals surface area contributed by atoms with E-state index in [1.165, 1.54) is 11.9 Å². The summed E-state index contributed by atoms with van der Waals surface area (Å²) in [5.41, 5.74) is 8.13. The molecule has 0 amide bonds. The van der Waals surface area contributed by atoms with E-state index in [9.17, 15) is 9.90 Å². The van der Waals surface area contributed by atoms with Gasteiger partial charge in [-0.15, -0.1) is 0 Å². The maximum absolute atomic E-state index is 12.9. The normalized spacial score (nSPS) is 35.0. The molecule has 3 aliphatic rings. The third-order valence-corrected chi connectivity index (χ3v) is 7.11. The number of imidazole rings is 1. The van der Waals surface area contributed by atoms with Gasteiger partial charge in [0.2, 0.25) is 0 Å². The molecule has 5 rings (SSSR count). The lowest BCUT2D eigenvalue weighted by atomic mass is 9.58. The first kappa shape index (κ1) is 17.6. The van der Waals surface area contributed by atoms with E-state index in [-0.39, 0.29) is 17.9 Å². The van der Waals surface area contributed by atoms with Crippen molar-refractivity contribution >= 4 is 23.0 Å². The Hall–Kier alpha value is -2.48. The lowest BCUT2D eigenvalue weighted by molar-refractivity contribution is -0.144. The molecule has 2 aromatic heterocycles. The number of aliphatic hydroxyl groups is 1. The Morgan fingerprint density at radius 2 is 2.14 bits per heavy atom. The van der Waals surface area contributed by atoms with Crippen molar-refractivity contribution in [2.24, 2.45) is 11.3 Å². The summed E-state index contributed by atoms with van der Waals surface area (Å²) in [7, 11) is 0. The van der Waals surface area contributed by atoms with Crippen LogP contribution in [0.3, 0.4) is 0 Å². The Bertz CT molecular complexity index is 1010. The smallest absolute Gasteiger partial charge is 0.314 e. The summed E-state index contributed by atoms with van der Waals surface area (Å²) in [5, 5.41) is 11.7. The third-order valence-electron chi connectivity index (χ3n) is 7.11. The van der Waals surface area contributed by atoms with Gasteiger partial charge in [-0.05, 0) is 50.0 Å². The molecular formula is C20H25N5O3. The van der Waals surface area contributed by atoms with E-state index in [0.717, 1.165) is 31.3 Å². The number of nitrogen functional groups attached to an aromatic ring is 1. The molecule has 8 nitrogen and oxygen atoms in total. The van der Waals surface area contributed by atoms with Crippen LogP contribution in [0.1, 0.15) is 46.0 Å². The molecule has 1 saturated heterocycles. The highest BCUT2D eigenvalue weighted by Crippen LogP contribution is 2.57. The van der Waals surface area contributed by atoms with Crippen molar-refractivity contribution in [2.45, 2.75) is 64.2 Å². The topological polar surface area (TPSA) is 116 Å². The summed E-state index contributed by atoms with van der Waals surface area (Å²) < 4.78 is 7.59. The van der Waals surface area contributed by atoms with Crippen LogP contribution in [0.5, 0.6) is 0 Å². The first-order valence-electron chi connectivity index (χ1n) is 9.88. The summed E-state index contributed by atoms with van der Waals surface area (Å²) in [6.07, 6.45) is 7.05. The number of nitrogens with zero attached hydrogens (tertiary/aromatic N) is 4. The number of carbonyl (C=O) groups excluding carboxylic acids is 1. The summed E-state index contributed by atoms with van der Waals surface area (Å²) >= 11 is 0. The molecule has 2 aromatic rings. The zero-order valence-electron chi connectivity index (χ0n) is 16.2. The molecular weight excluding hydrogens is 358 g/mol. The molecule has 0 bridgehead atoms. The maximum atomic E-state index is 12.9. The molecule has 0 spiro atoms. The molecule has 1 saturated carbocycles. The van der Waals surface area contributed by atoms with Crippen molar-refractivity contribution in [3.8, 4) is 0 Å². The van der Waals surface area contributed by atoms with Crippen LogP contribution in [-0.2, 0) is 16.1 Å². The molecule has 4 atom stereocenters. The maximum Gasteiger partial charge on any atom is 0.314 e. The zero-order valence-corrected chi connectivity index (χ0v) is 16.2. The molecule has 1 aliphatic heterocycles. The quantitative estimate of drug-likeness (QED) is 0.602. The highest BCUT2D eigenvalue weighted by atomic mass is 16.6. The Morgan fingerprint density at radius 1 is 1.32 bits per heavy atom. The van der Waals surface area contributed by atoms with E-state index in [2.05, 4.69) is 28.8 Å². The predicted molar refractivity (Wildman–Crippen MR) is 102 cm³/mol. The molecule has 148 valence electrons. The minimum Gasteiger partial charge on any atom is -0.454 e. The number of anilines is 1. The number of aromatic nitrogens is 4. The zero-order chi connectivity index (χ0) is 19.7. The molecule has 2 aliphatic carbocycles. The fourth-order valence-electron chi connectivity index (χ4n) is 5.57. The number of ether oxygens (including phenoxy) is 1. The van der Waals surface area contributed by atoms with Gasteiger partial charge < -0.3 is 20.1 Å². The van der Waals surface area contributed by atoms with Gasteiger partial charge in [-0.3, -0.25) is 4.79 Å². The lowest BCUT2D eigenvalue weighted by Crippen LogP contribution is -2.53. The molecule has 0 radical (unpaired) electrons.